The van der Waals surface area contributed by atoms with Gasteiger partial charge < -0.3 is 14.8 Å². The summed E-state index contributed by atoms with van der Waals surface area (Å²) in [6.07, 6.45) is -5.98. The number of hydrogen-bond donors (Lipinski definition) is 1. The zero-order chi connectivity index (χ0) is 29.5. The number of rotatable bonds is 7. The minimum atomic E-state index is -4.74. The molecule has 41 heavy (non-hydrogen) atoms. The Kier molecular flexibility index (Phi) is 8.20. The van der Waals surface area contributed by atoms with Crippen LogP contribution in [0.15, 0.2) is 36.4 Å². The molecule has 1 saturated heterocycles. The Bertz CT molecular complexity index is 1250. The quantitative estimate of drug-likeness (QED) is 0.278. The van der Waals surface area contributed by atoms with Gasteiger partial charge >= 0.3 is 18.3 Å². The molecule has 3 atom stereocenters. The van der Waals surface area contributed by atoms with Crippen molar-refractivity contribution in [3.63, 3.8) is 0 Å². The number of nitrogens with one attached hydrogen (secondary N) is 1. The summed E-state index contributed by atoms with van der Waals surface area (Å²) < 4.78 is 91.3. The van der Waals surface area contributed by atoms with Crippen LogP contribution in [0.3, 0.4) is 0 Å². The van der Waals surface area contributed by atoms with Gasteiger partial charge in [0, 0.05) is 6.54 Å². The van der Waals surface area contributed by atoms with E-state index < -0.39 is 23.5 Å². The van der Waals surface area contributed by atoms with Gasteiger partial charge in [-0.15, -0.1) is 0 Å². The standard InChI is InChI=1S/C30H34F6N2O3/c1-17(28(39)40-2)27(19-3-4-19)20-5-8-26-24(14-20)37-25(16-41-26)18-9-11-38(12-10-18)15-21-13-22(29(31,32)33)6-7-23(21)30(34,35)36/h5-8,13-14,17-19,25,27,37H,3-4,9-12,15-16H2,1-2H3/t17-,25?,27-/m0/s1. The Morgan fingerprint density at radius 3 is 2.34 bits per heavy atom. The predicted molar refractivity (Wildman–Crippen MR) is 140 cm³/mol. The van der Waals surface area contributed by atoms with E-state index in [2.05, 4.69) is 5.32 Å². The van der Waals surface area contributed by atoms with Crippen LogP contribution in [0.2, 0.25) is 0 Å². The molecule has 11 heteroatoms. The van der Waals surface area contributed by atoms with Crippen molar-refractivity contribution in [1.82, 2.24) is 4.90 Å². The Labute approximate surface area is 235 Å². The van der Waals surface area contributed by atoms with Crippen molar-refractivity contribution in [1.29, 1.82) is 0 Å². The molecule has 0 radical (unpaired) electrons. The number of esters is 1. The average Bonchev–Trinajstić information content (AvgIpc) is 3.77. The summed E-state index contributed by atoms with van der Waals surface area (Å²) in [6.45, 7) is 3.06. The van der Waals surface area contributed by atoms with E-state index in [1.54, 1.807) is 4.90 Å². The highest BCUT2D eigenvalue weighted by molar-refractivity contribution is 5.73. The molecule has 2 heterocycles. The smallest absolute Gasteiger partial charge is 0.416 e. The van der Waals surface area contributed by atoms with Crippen LogP contribution in [0.5, 0.6) is 5.75 Å². The normalized spacial score (nSPS) is 21.8. The van der Waals surface area contributed by atoms with Crippen molar-refractivity contribution in [2.75, 3.05) is 32.1 Å². The molecule has 224 valence electrons. The zero-order valence-corrected chi connectivity index (χ0v) is 22.9. The van der Waals surface area contributed by atoms with Gasteiger partial charge in [-0.1, -0.05) is 13.0 Å². The zero-order valence-electron chi connectivity index (χ0n) is 22.9. The van der Waals surface area contributed by atoms with Crippen LogP contribution in [0.25, 0.3) is 0 Å². The number of fused-ring (bicyclic) bond motifs is 1. The lowest BCUT2D eigenvalue weighted by molar-refractivity contribution is -0.145. The first-order chi connectivity index (χ1) is 19.3. The second-order valence-electron chi connectivity index (χ2n) is 11.5. The maximum atomic E-state index is 13.5. The lowest BCUT2D eigenvalue weighted by atomic mass is 9.82. The van der Waals surface area contributed by atoms with Gasteiger partial charge in [-0.05, 0) is 98.0 Å². The van der Waals surface area contributed by atoms with Gasteiger partial charge in [-0.3, -0.25) is 9.69 Å². The van der Waals surface area contributed by atoms with Crippen LogP contribution in [0.1, 0.15) is 60.8 Å². The number of methoxy groups -OCH3 is 1. The minimum Gasteiger partial charge on any atom is -0.489 e. The van der Waals surface area contributed by atoms with Crippen LogP contribution < -0.4 is 10.1 Å². The summed E-state index contributed by atoms with van der Waals surface area (Å²) in [4.78, 5) is 14.1. The van der Waals surface area contributed by atoms with Gasteiger partial charge in [-0.25, -0.2) is 0 Å². The second-order valence-corrected chi connectivity index (χ2v) is 11.5. The molecule has 2 aromatic carbocycles. The number of alkyl halides is 6. The van der Waals surface area contributed by atoms with Crippen molar-refractivity contribution < 1.29 is 40.6 Å². The highest BCUT2D eigenvalue weighted by Crippen LogP contribution is 2.48. The van der Waals surface area contributed by atoms with Crippen LogP contribution in [0.4, 0.5) is 32.0 Å². The van der Waals surface area contributed by atoms with Gasteiger partial charge in [0.2, 0.25) is 0 Å². The molecule has 5 rings (SSSR count). The van der Waals surface area contributed by atoms with E-state index in [1.165, 1.54) is 7.11 Å². The molecule has 2 fully saturated rings. The van der Waals surface area contributed by atoms with Crippen molar-refractivity contribution in [3.05, 3.63) is 58.7 Å². The monoisotopic (exact) mass is 584 g/mol. The van der Waals surface area contributed by atoms with E-state index in [0.717, 1.165) is 29.8 Å². The molecular formula is C30H34F6N2O3. The van der Waals surface area contributed by atoms with Gasteiger partial charge in [0.05, 0.1) is 35.9 Å². The molecular weight excluding hydrogens is 550 g/mol. The molecule has 2 aliphatic heterocycles. The first-order valence-corrected chi connectivity index (χ1v) is 14.0. The first-order valence-electron chi connectivity index (χ1n) is 14.0. The molecule has 0 spiro atoms. The third-order valence-corrected chi connectivity index (χ3v) is 8.72. The molecule has 1 aliphatic carbocycles. The molecule has 0 amide bonds. The molecule has 1 saturated carbocycles. The van der Waals surface area contributed by atoms with E-state index in [0.29, 0.717) is 56.7 Å². The number of ether oxygens (including phenoxy) is 2. The fourth-order valence-electron chi connectivity index (χ4n) is 6.36. The highest BCUT2D eigenvalue weighted by atomic mass is 19.4. The van der Waals surface area contributed by atoms with Gasteiger partial charge in [-0.2, -0.15) is 26.3 Å². The summed E-state index contributed by atoms with van der Waals surface area (Å²) in [7, 11) is 1.40. The number of anilines is 1. The fraction of sp³-hybridized carbons (Fsp3) is 0.567. The summed E-state index contributed by atoms with van der Waals surface area (Å²) >= 11 is 0. The third-order valence-electron chi connectivity index (χ3n) is 8.72. The lowest BCUT2D eigenvalue weighted by Crippen LogP contribution is -2.44. The number of likely N-dealkylation sites (tertiary alicyclic amines) is 1. The van der Waals surface area contributed by atoms with E-state index in [9.17, 15) is 31.1 Å². The summed E-state index contributed by atoms with van der Waals surface area (Å²) in [5.74, 6) is 0.884. The summed E-state index contributed by atoms with van der Waals surface area (Å²) in [5.41, 5.74) is -0.576. The summed E-state index contributed by atoms with van der Waals surface area (Å²) in [6, 6.07) is 7.59. The number of carbonyl (C=O) groups is 1. The number of nitrogens with zero attached hydrogens (tertiary/aromatic N) is 1. The van der Waals surface area contributed by atoms with Crippen LogP contribution in [-0.2, 0) is 28.4 Å². The molecule has 0 aromatic heterocycles. The maximum Gasteiger partial charge on any atom is 0.416 e. The fourth-order valence-corrected chi connectivity index (χ4v) is 6.36. The van der Waals surface area contributed by atoms with E-state index in [1.807, 2.05) is 25.1 Å². The number of carbonyl (C=O) groups excluding carboxylic acids is 1. The summed E-state index contributed by atoms with van der Waals surface area (Å²) in [5, 5.41) is 3.59. The Morgan fingerprint density at radius 1 is 1.02 bits per heavy atom. The van der Waals surface area contributed by atoms with Gasteiger partial charge in [0.15, 0.2) is 0 Å². The lowest BCUT2D eigenvalue weighted by Gasteiger charge is -2.39. The molecule has 1 N–H and O–H groups in total. The molecule has 1 unspecified atom stereocenters. The number of hydrogen-bond acceptors (Lipinski definition) is 5. The van der Waals surface area contributed by atoms with E-state index in [4.69, 9.17) is 9.47 Å². The Hall–Kier alpha value is -2.95. The number of halogens is 6. The molecule has 3 aliphatic rings. The first kappa shape index (κ1) is 29.5. The SMILES string of the molecule is COC(=O)[C@@H](C)[C@H](c1ccc2c(c1)NC(C1CCN(Cc3cc(C(F)(F)F)ccc3C(F)(F)F)CC1)CO2)C1CC1. The maximum absolute atomic E-state index is 13.5. The van der Waals surface area contributed by atoms with Crippen molar-refractivity contribution in [2.24, 2.45) is 17.8 Å². The number of benzene rings is 2. The van der Waals surface area contributed by atoms with E-state index in [-0.39, 0.29) is 41.9 Å². The van der Waals surface area contributed by atoms with Crippen LogP contribution in [0, 0.1) is 17.8 Å². The largest absolute Gasteiger partial charge is 0.489 e. The third kappa shape index (κ3) is 6.60. The van der Waals surface area contributed by atoms with Crippen molar-refractivity contribution in [3.8, 4) is 5.75 Å². The van der Waals surface area contributed by atoms with Crippen LogP contribution in [-0.4, -0.2) is 43.7 Å². The van der Waals surface area contributed by atoms with Crippen molar-refractivity contribution in [2.45, 2.75) is 63.5 Å². The Morgan fingerprint density at radius 2 is 1.73 bits per heavy atom. The molecule has 5 nitrogen and oxygen atoms in total. The van der Waals surface area contributed by atoms with E-state index >= 15 is 0 Å². The van der Waals surface area contributed by atoms with Gasteiger partial charge in [0.1, 0.15) is 12.4 Å². The average molecular weight is 585 g/mol. The van der Waals surface area contributed by atoms with Crippen molar-refractivity contribution >= 4 is 11.7 Å². The van der Waals surface area contributed by atoms with Crippen LogP contribution >= 0.6 is 0 Å². The van der Waals surface area contributed by atoms with Gasteiger partial charge in [0.25, 0.3) is 0 Å². The minimum absolute atomic E-state index is 0.0170. The second kappa shape index (κ2) is 11.4. The molecule has 2 aromatic rings. The topological polar surface area (TPSA) is 50.8 Å². The predicted octanol–water partition coefficient (Wildman–Crippen LogP) is 7.11. The number of piperidine rings is 1. The Balaban J connectivity index is 1.24. The highest BCUT2D eigenvalue weighted by Gasteiger charge is 2.40. The molecule has 0 bridgehead atoms.